The first-order valence-electron chi connectivity index (χ1n) is 15.8. The van der Waals surface area contributed by atoms with Crippen molar-refractivity contribution in [2.24, 2.45) is 5.11 Å². The average Bonchev–Trinajstić information content (AvgIpc) is 3.40. The van der Waals surface area contributed by atoms with Gasteiger partial charge in [-0.3, -0.25) is 0 Å². The van der Waals surface area contributed by atoms with Crippen LogP contribution >= 0.6 is 0 Å². The van der Waals surface area contributed by atoms with E-state index in [0.29, 0.717) is 0 Å². The Bertz CT molecular complexity index is 1610. The molecule has 3 aromatic carbocycles. The molecule has 0 spiro atoms. The van der Waals surface area contributed by atoms with Crippen LogP contribution in [0.3, 0.4) is 0 Å². The Labute approximate surface area is 277 Å². The topological polar surface area (TPSA) is 171 Å². The van der Waals surface area contributed by atoms with Crippen LogP contribution in [-0.2, 0) is 33.2 Å². The van der Waals surface area contributed by atoms with E-state index in [-0.39, 0.29) is 19.1 Å². The number of rotatable bonds is 9. The molecule has 7 atom stereocenters. The minimum absolute atomic E-state index is 0.0334. The van der Waals surface area contributed by atoms with Crippen molar-refractivity contribution >= 4 is 12.1 Å². The Kier molecular flexibility index (Phi) is 9.97. The third-order valence-corrected chi connectivity index (χ3v) is 8.34. The van der Waals surface area contributed by atoms with Crippen molar-refractivity contribution in [3.05, 3.63) is 106 Å². The van der Waals surface area contributed by atoms with E-state index in [2.05, 4.69) is 15.3 Å². The van der Waals surface area contributed by atoms with E-state index in [1.54, 1.807) is 20.8 Å². The summed E-state index contributed by atoms with van der Waals surface area (Å²) in [5.41, 5.74) is 13.4. The number of benzene rings is 3. The molecule has 6 rings (SSSR count). The van der Waals surface area contributed by atoms with Gasteiger partial charge in [-0.2, -0.15) is 0 Å². The number of aliphatic hydroxyl groups excluding tert-OH is 1. The van der Waals surface area contributed by atoms with Crippen LogP contribution in [0.2, 0.25) is 0 Å². The number of hydrogen-bond acceptors (Lipinski definition) is 10. The largest absolute Gasteiger partial charge is 0.458 e. The summed E-state index contributed by atoms with van der Waals surface area (Å²) in [5.74, 6) is -0.962. The number of nitrogens with one attached hydrogen (secondary N) is 1. The summed E-state index contributed by atoms with van der Waals surface area (Å²) >= 11 is 0. The SMILES string of the molecule is CC(C)(C)OC(=O)[C@H](CO[C@H]1O[C@@H]2CO[C@H](c3ccccc3)O[C@@H]2[C@H](O)[C@H]1N=[N+]=[N-])NC(=O)OCC1c2ccccc2-c2ccccc21. The van der Waals surface area contributed by atoms with Gasteiger partial charge in [0.15, 0.2) is 18.6 Å². The van der Waals surface area contributed by atoms with Gasteiger partial charge in [-0.1, -0.05) is 84.0 Å². The van der Waals surface area contributed by atoms with Gasteiger partial charge in [0.2, 0.25) is 0 Å². The van der Waals surface area contributed by atoms with Crippen LogP contribution in [0.15, 0.2) is 84.0 Å². The highest BCUT2D eigenvalue weighted by molar-refractivity contribution is 5.82. The van der Waals surface area contributed by atoms with Gasteiger partial charge >= 0.3 is 12.1 Å². The lowest BCUT2D eigenvalue weighted by molar-refractivity contribution is -0.342. The fourth-order valence-electron chi connectivity index (χ4n) is 6.19. The molecule has 3 aliphatic rings. The van der Waals surface area contributed by atoms with E-state index < -0.39 is 67.2 Å². The first-order valence-corrected chi connectivity index (χ1v) is 15.8. The van der Waals surface area contributed by atoms with Gasteiger partial charge in [0.1, 0.15) is 30.5 Å². The molecule has 1 amide bonds. The number of azide groups is 1. The van der Waals surface area contributed by atoms with Crippen LogP contribution < -0.4 is 5.32 Å². The first kappa shape index (κ1) is 33.4. The molecule has 1 aliphatic carbocycles. The molecule has 3 aromatic rings. The predicted octanol–water partition coefficient (Wildman–Crippen LogP) is 5.13. The first-order chi connectivity index (χ1) is 23.1. The Morgan fingerprint density at radius 3 is 2.29 bits per heavy atom. The van der Waals surface area contributed by atoms with Crippen molar-refractivity contribution in [1.29, 1.82) is 0 Å². The maximum Gasteiger partial charge on any atom is 0.407 e. The molecule has 2 heterocycles. The molecule has 252 valence electrons. The number of nitrogens with zero attached hydrogens (tertiary/aromatic N) is 3. The van der Waals surface area contributed by atoms with E-state index in [1.165, 1.54) is 0 Å². The fraction of sp³-hybridized carbons (Fsp3) is 0.429. The summed E-state index contributed by atoms with van der Waals surface area (Å²) in [5, 5.41) is 17.5. The highest BCUT2D eigenvalue weighted by Gasteiger charge is 2.50. The number of hydrogen-bond donors (Lipinski definition) is 2. The van der Waals surface area contributed by atoms with Gasteiger partial charge in [0.25, 0.3) is 0 Å². The second kappa shape index (κ2) is 14.3. The van der Waals surface area contributed by atoms with Gasteiger partial charge in [0, 0.05) is 16.4 Å². The van der Waals surface area contributed by atoms with Crippen molar-refractivity contribution < 1.29 is 43.1 Å². The summed E-state index contributed by atoms with van der Waals surface area (Å²) in [6.45, 7) is 4.73. The minimum atomic E-state index is -1.33. The molecule has 13 nitrogen and oxygen atoms in total. The molecule has 2 N–H and O–H groups in total. The molecule has 2 aliphatic heterocycles. The standard InChI is InChI=1S/C35H38N4O9/c1-35(2,3)48-31(41)26(37-34(42)45-17-25-23-15-9-7-13-21(23)22-14-8-10-16-24(22)25)18-43-33-28(38-39-36)29(40)30-27(46-33)19-44-32(47-30)20-11-5-4-6-12-20/h4-16,25-30,32-33,40H,17-19H2,1-3H3,(H,37,42)/t26-,27+,28+,29+,30-,32-,33-/m0/s1. The lowest BCUT2D eigenvalue weighted by Gasteiger charge is -2.46. The Morgan fingerprint density at radius 1 is 1.00 bits per heavy atom. The zero-order valence-corrected chi connectivity index (χ0v) is 26.8. The number of fused-ring (bicyclic) bond motifs is 4. The lowest BCUT2D eigenvalue weighted by atomic mass is 9.96. The summed E-state index contributed by atoms with van der Waals surface area (Å²) < 4.78 is 35.0. The van der Waals surface area contributed by atoms with Crippen molar-refractivity contribution in [2.45, 2.75) is 75.3 Å². The summed E-state index contributed by atoms with van der Waals surface area (Å²) in [4.78, 5) is 29.2. The van der Waals surface area contributed by atoms with E-state index in [9.17, 15) is 20.2 Å². The number of amides is 1. The average molecular weight is 659 g/mol. The lowest BCUT2D eigenvalue weighted by Crippen LogP contribution is -2.62. The van der Waals surface area contributed by atoms with Crippen molar-refractivity contribution in [1.82, 2.24) is 5.32 Å². The van der Waals surface area contributed by atoms with Crippen LogP contribution in [0.1, 0.15) is 49.7 Å². The number of aliphatic hydroxyl groups is 1. The van der Waals surface area contributed by atoms with Crippen LogP contribution in [-0.4, -0.2) is 79.3 Å². The number of carbonyl (C=O) groups excluding carboxylic acids is 2. The Morgan fingerprint density at radius 2 is 1.65 bits per heavy atom. The molecule has 0 saturated carbocycles. The molecule has 0 aromatic heterocycles. The maximum atomic E-state index is 13.2. The Balaban J connectivity index is 1.12. The van der Waals surface area contributed by atoms with Gasteiger partial charge in [-0.15, -0.1) is 0 Å². The molecule has 2 saturated heterocycles. The van der Waals surface area contributed by atoms with Crippen LogP contribution in [0.5, 0.6) is 0 Å². The monoisotopic (exact) mass is 658 g/mol. The van der Waals surface area contributed by atoms with Gasteiger partial charge in [-0.25, -0.2) is 9.59 Å². The molecule has 2 fully saturated rings. The quantitative estimate of drug-likeness (QED) is 0.137. The summed E-state index contributed by atoms with van der Waals surface area (Å²) in [6.07, 6.45) is -5.90. The number of alkyl carbamates (subject to hydrolysis) is 1. The minimum Gasteiger partial charge on any atom is -0.458 e. The van der Waals surface area contributed by atoms with Crippen LogP contribution in [0.25, 0.3) is 21.6 Å². The molecule has 48 heavy (non-hydrogen) atoms. The van der Waals surface area contributed by atoms with E-state index in [0.717, 1.165) is 27.8 Å². The third kappa shape index (κ3) is 7.31. The molecule has 0 radical (unpaired) electrons. The van der Waals surface area contributed by atoms with Crippen molar-refractivity contribution in [3.8, 4) is 11.1 Å². The fourth-order valence-corrected chi connectivity index (χ4v) is 6.19. The third-order valence-electron chi connectivity index (χ3n) is 8.34. The predicted molar refractivity (Wildman–Crippen MR) is 171 cm³/mol. The van der Waals surface area contributed by atoms with E-state index >= 15 is 0 Å². The highest BCUT2D eigenvalue weighted by Crippen LogP contribution is 2.44. The smallest absolute Gasteiger partial charge is 0.407 e. The number of ether oxygens (including phenoxy) is 6. The normalized spacial score (nSPS) is 25.4. The van der Waals surface area contributed by atoms with Gasteiger partial charge in [0.05, 0.1) is 19.3 Å². The molecular weight excluding hydrogens is 620 g/mol. The summed E-state index contributed by atoms with van der Waals surface area (Å²) in [7, 11) is 0. The molecule has 0 unspecified atom stereocenters. The van der Waals surface area contributed by atoms with E-state index in [1.807, 2.05) is 78.9 Å². The second-order valence-electron chi connectivity index (χ2n) is 12.8. The number of carbonyl (C=O) groups is 2. The van der Waals surface area contributed by atoms with Crippen molar-refractivity contribution in [3.63, 3.8) is 0 Å². The van der Waals surface area contributed by atoms with Crippen molar-refractivity contribution in [2.75, 3.05) is 19.8 Å². The maximum absolute atomic E-state index is 13.2. The van der Waals surface area contributed by atoms with Crippen LogP contribution in [0, 0.1) is 0 Å². The van der Waals surface area contributed by atoms with Gasteiger partial charge < -0.3 is 38.8 Å². The number of esters is 1. The van der Waals surface area contributed by atoms with E-state index in [4.69, 9.17) is 28.4 Å². The van der Waals surface area contributed by atoms with Crippen LogP contribution in [0.4, 0.5) is 4.79 Å². The van der Waals surface area contributed by atoms with Gasteiger partial charge in [-0.05, 0) is 48.6 Å². The molecule has 13 heteroatoms. The molecular formula is C35H38N4O9. The molecule has 0 bridgehead atoms. The highest BCUT2D eigenvalue weighted by atomic mass is 16.7. The Hall–Kier alpha value is -4.49. The zero-order valence-electron chi connectivity index (χ0n) is 26.8. The zero-order chi connectivity index (χ0) is 33.8. The second-order valence-corrected chi connectivity index (χ2v) is 12.8. The summed E-state index contributed by atoms with van der Waals surface area (Å²) in [6, 6.07) is 22.5.